The van der Waals surface area contributed by atoms with E-state index in [2.05, 4.69) is 24.3 Å². The predicted octanol–water partition coefficient (Wildman–Crippen LogP) is 4.01. The molecule has 2 aliphatic heterocycles. The van der Waals surface area contributed by atoms with Gasteiger partial charge in [0.1, 0.15) is 6.61 Å². The minimum atomic E-state index is -0.916. The molecule has 1 saturated carbocycles. The molecular weight excluding hydrogens is 472 g/mol. The van der Waals surface area contributed by atoms with Crippen LogP contribution in [0.2, 0.25) is 0 Å². The number of carbonyl (C=O) groups excluding carboxylic acids is 4. The largest absolute Gasteiger partial charge is 0.448 e. The Morgan fingerprint density at radius 1 is 0.811 bits per heavy atom. The molecule has 3 aromatic carbocycles. The van der Waals surface area contributed by atoms with Gasteiger partial charge in [0.2, 0.25) is 0 Å². The Kier molecular flexibility index (Phi) is 4.58. The number of benzene rings is 3. The predicted molar refractivity (Wildman–Crippen MR) is 130 cm³/mol. The minimum Gasteiger partial charge on any atom is -0.448 e. The molecule has 0 aromatic heterocycles. The summed E-state index contributed by atoms with van der Waals surface area (Å²) >= 11 is 0. The van der Waals surface area contributed by atoms with Crippen LogP contribution in [0.25, 0.3) is 11.1 Å². The number of fused-ring (bicyclic) bond motifs is 5. The number of nitrogens with zero attached hydrogens (tertiary/aromatic N) is 2. The lowest BCUT2D eigenvalue weighted by Gasteiger charge is -2.22. The van der Waals surface area contributed by atoms with Crippen LogP contribution < -0.4 is 0 Å². The summed E-state index contributed by atoms with van der Waals surface area (Å²) < 4.78 is 5.74. The Balaban J connectivity index is 1.01. The summed E-state index contributed by atoms with van der Waals surface area (Å²) in [5.74, 6) is -2.12. The standard InChI is InChI=1S/C29H22N2O6/c32-25-22-11-5-6-12-23(22)26(33)31(25)37-27(34)29-13-17(29)14-30(16-29)28(35)36-15-24-20-9-3-1-7-18(20)19-8-2-4-10-21(19)24/h1-12,17,24H,13-16H2/t17-,29+/m0/s1. The molecule has 1 saturated heterocycles. The van der Waals surface area contributed by atoms with Crippen molar-refractivity contribution in [1.82, 2.24) is 9.96 Å². The number of piperidine rings is 1. The summed E-state index contributed by atoms with van der Waals surface area (Å²) in [7, 11) is 0. The molecule has 0 bridgehead atoms. The number of hydroxylamine groups is 2. The SMILES string of the molecule is O=C(OCC1c2ccccc2-c2ccccc21)N1C[C@@H]2C[C@@]2(C(=O)ON2C(=O)c3ccccc3C2=O)C1. The van der Waals surface area contributed by atoms with Crippen LogP contribution in [0.5, 0.6) is 0 Å². The first-order valence-electron chi connectivity index (χ1n) is 12.3. The molecule has 0 unspecified atom stereocenters. The van der Waals surface area contributed by atoms with E-state index in [1.807, 2.05) is 24.3 Å². The fourth-order valence-corrected chi connectivity index (χ4v) is 6.05. The molecule has 7 rings (SSSR count). The van der Waals surface area contributed by atoms with Crippen LogP contribution in [-0.2, 0) is 14.4 Å². The van der Waals surface area contributed by atoms with E-state index in [0.717, 1.165) is 22.3 Å². The van der Waals surface area contributed by atoms with Crippen molar-refractivity contribution in [3.8, 4) is 11.1 Å². The molecule has 2 atom stereocenters. The normalized spacial score (nSPS) is 22.9. The summed E-state index contributed by atoms with van der Waals surface area (Å²) in [4.78, 5) is 58.0. The first kappa shape index (κ1) is 21.8. The van der Waals surface area contributed by atoms with Gasteiger partial charge in [0.15, 0.2) is 0 Å². The molecule has 3 aromatic rings. The van der Waals surface area contributed by atoms with Crippen molar-refractivity contribution in [1.29, 1.82) is 0 Å². The molecular formula is C29H22N2O6. The summed E-state index contributed by atoms with van der Waals surface area (Å²) in [6.07, 6.45) is 0.0595. The summed E-state index contributed by atoms with van der Waals surface area (Å²) in [6.45, 7) is 0.699. The van der Waals surface area contributed by atoms with Gasteiger partial charge in [-0.2, -0.15) is 0 Å². The van der Waals surface area contributed by atoms with Gasteiger partial charge in [0, 0.05) is 19.0 Å². The number of rotatable bonds is 4. The third-order valence-corrected chi connectivity index (χ3v) is 8.08. The van der Waals surface area contributed by atoms with Crippen molar-refractivity contribution < 1.29 is 28.8 Å². The molecule has 2 fully saturated rings. The Hall–Kier alpha value is -4.46. The highest BCUT2D eigenvalue weighted by atomic mass is 16.7. The molecule has 0 spiro atoms. The van der Waals surface area contributed by atoms with Crippen molar-refractivity contribution in [2.45, 2.75) is 12.3 Å². The Bertz CT molecular complexity index is 1430. The fourth-order valence-electron chi connectivity index (χ4n) is 6.05. The molecule has 37 heavy (non-hydrogen) atoms. The summed E-state index contributed by atoms with van der Waals surface area (Å²) in [5, 5.41) is 0.535. The van der Waals surface area contributed by atoms with Gasteiger partial charge in [0.25, 0.3) is 11.8 Å². The Morgan fingerprint density at radius 3 is 1.95 bits per heavy atom. The number of imide groups is 1. The van der Waals surface area contributed by atoms with Gasteiger partial charge >= 0.3 is 12.1 Å². The maximum absolute atomic E-state index is 13.1. The second kappa shape index (κ2) is 7.77. The number of hydrogen-bond donors (Lipinski definition) is 0. The van der Waals surface area contributed by atoms with Gasteiger partial charge in [-0.1, -0.05) is 65.7 Å². The van der Waals surface area contributed by atoms with E-state index in [4.69, 9.17) is 9.57 Å². The van der Waals surface area contributed by atoms with Gasteiger partial charge in [0.05, 0.1) is 16.5 Å². The molecule has 184 valence electrons. The third kappa shape index (κ3) is 3.15. The van der Waals surface area contributed by atoms with E-state index in [-0.39, 0.29) is 36.1 Å². The molecule has 2 heterocycles. The highest BCUT2D eigenvalue weighted by Gasteiger charge is 2.68. The highest BCUT2D eigenvalue weighted by molar-refractivity contribution is 6.21. The van der Waals surface area contributed by atoms with Crippen LogP contribution in [0.3, 0.4) is 0 Å². The van der Waals surface area contributed by atoms with Crippen molar-refractivity contribution in [2.24, 2.45) is 11.3 Å². The maximum Gasteiger partial charge on any atom is 0.409 e. The van der Waals surface area contributed by atoms with Gasteiger partial charge in [-0.15, -0.1) is 0 Å². The van der Waals surface area contributed by atoms with Crippen molar-refractivity contribution in [2.75, 3.05) is 19.7 Å². The molecule has 8 heteroatoms. The van der Waals surface area contributed by atoms with Crippen LogP contribution >= 0.6 is 0 Å². The quantitative estimate of drug-likeness (QED) is 0.509. The molecule has 2 aliphatic carbocycles. The lowest BCUT2D eigenvalue weighted by molar-refractivity contribution is -0.175. The maximum atomic E-state index is 13.1. The van der Waals surface area contributed by atoms with Crippen LogP contribution in [0.1, 0.15) is 44.2 Å². The van der Waals surface area contributed by atoms with Crippen LogP contribution in [0.15, 0.2) is 72.8 Å². The van der Waals surface area contributed by atoms with Crippen LogP contribution in [-0.4, -0.2) is 53.5 Å². The van der Waals surface area contributed by atoms with Crippen LogP contribution in [0.4, 0.5) is 4.79 Å². The van der Waals surface area contributed by atoms with E-state index < -0.39 is 29.3 Å². The fraction of sp³-hybridized carbons (Fsp3) is 0.241. The highest BCUT2D eigenvalue weighted by Crippen LogP contribution is 2.59. The van der Waals surface area contributed by atoms with E-state index in [1.54, 1.807) is 12.1 Å². The number of likely N-dealkylation sites (tertiary alicyclic amines) is 1. The van der Waals surface area contributed by atoms with Crippen molar-refractivity contribution >= 4 is 23.9 Å². The lowest BCUT2D eigenvalue weighted by atomic mass is 9.98. The Morgan fingerprint density at radius 2 is 1.35 bits per heavy atom. The number of carbonyl (C=O) groups is 4. The van der Waals surface area contributed by atoms with E-state index >= 15 is 0 Å². The van der Waals surface area contributed by atoms with Gasteiger partial charge in [-0.25, -0.2) is 9.59 Å². The first-order chi connectivity index (χ1) is 18.0. The van der Waals surface area contributed by atoms with Crippen molar-refractivity contribution in [3.05, 3.63) is 95.1 Å². The number of amides is 3. The van der Waals surface area contributed by atoms with E-state index in [9.17, 15) is 19.2 Å². The van der Waals surface area contributed by atoms with E-state index in [1.165, 1.54) is 17.0 Å². The van der Waals surface area contributed by atoms with Crippen molar-refractivity contribution in [3.63, 3.8) is 0 Å². The second-order valence-corrected chi connectivity index (χ2v) is 10.1. The van der Waals surface area contributed by atoms with Gasteiger partial charge in [-0.3, -0.25) is 9.59 Å². The molecule has 3 amide bonds. The topological polar surface area (TPSA) is 93.2 Å². The number of ether oxygens (including phenoxy) is 1. The second-order valence-electron chi connectivity index (χ2n) is 10.1. The summed E-state index contributed by atoms with van der Waals surface area (Å²) in [5.41, 5.74) is 4.05. The average molecular weight is 495 g/mol. The van der Waals surface area contributed by atoms with Gasteiger partial charge in [-0.05, 0) is 46.7 Å². The lowest BCUT2D eigenvalue weighted by Crippen LogP contribution is -2.39. The molecule has 4 aliphatic rings. The zero-order chi connectivity index (χ0) is 25.3. The smallest absolute Gasteiger partial charge is 0.409 e. The third-order valence-electron chi connectivity index (χ3n) is 8.08. The molecule has 0 N–H and O–H groups in total. The monoisotopic (exact) mass is 494 g/mol. The first-order valence-corrected chi connectivity index (χ1v) is 12.3. The average Bonchev–Trinajstić information content (AvgIpc) is 3.23. The number of hydrogen-bond acceptors (Lipinski definition) is 6. The summed E-state index contributed by atoms with van der Waals surface area (Å²) in [6, 6.07) is 22.6. The zero-order valence-corrected chi connectivity index (χ0v) is 19.8. The zero-order valence-electron chi connectivity index (χ0n) is 19.8. The minimum absolute atomic E-state index is 0.0544. The molecule has 0 radical (unpaired) electrons. The van der Waals surface area contributed by atoms with Gasteiger partial charge < -0.3 is 14.5 Å². The van der Waals surface area contributed by atoms with Crippen LogP contribution in [0, 0.1) is 11.3 Å². The van der Waals surface area contributed by atoms with E-state index in [0.29, 0.717) is 18.0 Å². The molecule has 8 nitrogen and oxygen atoms in total. The Labute approximate surface area is 212 Å².